The molecule has 2 nitrogen and oxygen atoms in total. The van der Waals surface area contributed by atoms with Crippen molar-refractivity contribution in [3.8, 4) is 0 Å². The van der Waals surface area contributed by atoms with Crippen LogP contribution in [-0.4, -0.2) is 36.1 Å². The maximum absolute atomic E-state index is 3.63. The molecule has 3 fully saturated rings. The molecular weight excluding hydrogens is 184 g/mol. The Balaban J connectivity index is 1.77. The van der Waals surface area contributed by atoms with Gasteiger partial charge in [-0.05, 0) is 25.7 Å². The molecule has 1 heterocycles. The zero-order valence-electron chi connectivity index (χ0n) is 9.80. The summed E-state index contributed by atoms with van der Waals surface area (Å²) in [6.07, 6.45) is 11.7. The van der Waals surface area contributed by atoms with Crippen LogP contribution < -0.4 is 5.32 Å². The number of hydrogen-bond acceptors (Lipinski definition) is 2. The average Bonchev–Trinajstić information content (AvgIpc) is 2.90. The van der Waals surface area contributed by atoms with E-state index in [1.54, 1.807) is 0 Å². The molecule has 2 heteroatoms. The van der Waals surface area contributed by atoms with Gasteiger partial charge in [-0.2, -0.15) is 0 Å². The van der Waals surface area contributed by atoms with Gasteiger partial charge >= 0.3 is 0 Å². The van der Waals surface area contributed by atoms with E-state index in [1.165, 1.54) is 71.0 Å². The van der Waals surface area contributed by atoms with Crippen LogP contribution in [0, 0.1) is 0 Å². The third-order valence-corrected chi connectivity index (χ3v) is 4.89. The second-order valence-corrected chi connectivity index (χ2v) is 5.74. The maximum Gasteiger partial charge on any atom is 0.0337 e. The van der Waals surface area contributed by atoms with Crippen LogP contribution in [0.1, 0.15) is 51.4 Å². The second-order valence-electron chi connectivity index (χ2n) is 5.74. The molecule has 2 aliphatic carbocycles. The molecule has 0 amide bonds. The van der Waals surface area contributed by atoms with Crippen LogP contribution in [0.3, 0.4) is 0 Å². The minimum absolute atomic E-state index is 0.577. The molecule has 15 heavy (non-hydrogen) atoms. The summed E-state index contributed by atoms with van der Waals surface area (Å²) in [5.74, 6) is 0. The molecule has 0 aromatic rings. The van der Waals surface area contributed by atoms with E-state index in [4.69, 9.17) is 0 Å². The van der Waals surface area contributed by atoms with Crippen LogP contribution in [0.4, 0.5) is 0 Å². The average molecular weight is 208 g/mol. The lowest BCUT2D eigenvalue weighted by Gasteiger charge is -2.48. The molecule has 1 N–H and O–H groups in total. The minimum atomic E-state index is 0.577. The molecule has 1 saturated heterocycles. The molecule has 0 aromatic heterocycles. The quantitative estimate of drug-likeness (QED) is 0.710. The predicted octanol–water partition coefficient (Wildman–Crippen LogP) is 2.15. The van der Waals surface area contributed by atoms with E-state index in [2.05, 4.69) is 10.2 Å². The Hall–Kier alpha value is -0.0800. The summed E-state index contributed by atoms with van der Waals surface area (Å²) >= 11 is 0. The number of hydrogen-bond donors (Lipinski definition) is 1. The van der Waals surface area contributed by atoms with Crippen molar-refractivity contribution < 1.29 is 0 Å². The molecule has 0 unspecified atom stereocenters. The van der Waals surface area contributed by atoms with Crippen molar-refractivity contribution in [3.63, 3.8) is 0 Å². The lowest BCUT2D eigenvalue weighted by Crippen LogP contribution is -2.62. The molecule has 3 rings (SSSR count). The van der Waals surface area contributed by atoms with E-state index < -0.39 is 0 Å². The van der Waals surface area contributed by atoms with Gasteiger partial charge in [0.1, 0.15) is 0 Å². The van der Waals surface area contributed by atoms with Gasteiger partial charge in [-0.15, -0.1) is 0 Å². The molecule has 86 valence electrons. The minimum Gasteiger partial charge on any atom is -0.314 e. The summed E-state index contributed by atoms with van der Waals surface area (Å²) in [6.45, 7) is 3.80. The molecule has 3 aliphatic rings. The molecule has 0 bridgehead atoms. The third-order valence-electron chi connectivity index (χ3n) is 4.89. The molecule has 0 radical (unpaired) electrons. The zero-order valence-corrected chi connectivity index (χ0v) is 9.80. The van der Waals surface area contributed by atoms with Gasteiger partial charge in [0, 0.05) is 31.2 Å². The molecular formula is C13H24N2. The summed E-state index contributed by atoms with van der Waals surface area (Å²) in [7, 11) is 0. The van der Waals surface area contributed by atoms with Crippen molar-refractivity contribution in [3.05, 3.63) is 0 Å². The highest BCUT2D eigenvalue weighted by Crippen LogP contribution is 2.40. The normalized spacial score (nSPS) is 32.8. The third kappa shape index (κ3) is 1.72. The smallest absolute Gasteiger partial charge is 0.0337 e. The first-order valence-corrected chi connectivity index (χ1v) is 6.88. The van der Waals surface area contributed by atoms with Crippen LogP contribution in [0.25, 0.3) is 0 Å². The lowest BCUT2D eigenvalue weighted by atomic mass is 9.90. The van der Waals surface area contributed by atoms with E-state index in [1.807, 2.05) is 0 Å². The van der Waals surface area contributed by atoms with Crippen molar-refractivity contribution in [1.29, 1.82) is 0 Å². The standard InChI is InChI=1S/C13H24N2/c1-2-6-12(5-1)15-10-9-14-11-13(15)7-3-4-8-13/h12,14H,1-11H2. The van der Waals surface area contributed by atoms with E-state index in [0.717, 1.165) is 6.04 Å². The Labute approximate surface area is 93.4 Å². The van der Waals surface area contributed by atoms with Crippen LogP contribution in [-0.2, 0) is 0 Å². The van der Waals surface area contributed by atoms with E-state index in [0.29, 0.717) is 5.54 Å². The monoisotopic (exact) mass is 208 g/mol. The van der Waals surface area contributed by atoms with Crippen LogP contribution >= 0.6 is 0 Å². The summed E-state index contributed by atoms with van der Waals surface area (Å²) in [6, 6.07) is 0.935. The van der Waals surface area contributed by atoms with Crippen LogP contribution in [0.2, 0.25) is 0 Å². The SMILES string of the molecule is C1CCC(N2CCNCC23CCCC3)C1. The Bertz CT molecular complexity index is 215. The van der Waals surface area contributed by atoms with Crippen molar-refractivity contribution in [2.45, 2.75) is 62.9 Å². The fourth-order valence-electron chi connectivity index (χ4n) is 4.14. The topological polar surface area (TPSA) is 15.3 Å². The first kappa shape index (κ1) is 10.1. The highest BCUT2D eigenvalue weighted by Gasteiger charge is 2.44. The Morgan fingerprint density at radius 2 is 1.73 bits per heavy atom. The number of piperazine rings is 1. The highest BCUT2D eigenvalue weighted by atomic mass is 15.3. The molecule has 0 aromatic carbocycles. The van der Waals surface area contributed by atoms with Gasteiger partial charge in [-0.3, -0.25) is 4.90 Å². The Kier molecular flexibility index (Phi) is 2.73. The van der Waals surface area contributed by atoms with Gasteiger partial charge in [0.25, 0.3) is 0 Å². The molecule has 0 atom stereocenters. The zero-order chi connectivity index (χ0) is 10.1. The largest absolute Gasteiger partial charge is 0.314 e. The maximum atomic E-state index is 3.63. The lowest BCUT2D eigenvalue weighted by molar-refractivity contribution is 0.0255. The Morgan fingerprint density at radius 3 is 2.47 bits per heavy atom. The van der Waals surface area contributed by atoms with E-state index in [-0.39, 0.29) is 0 Å². The van der Waals surface area contributed by atoms with Crippen molar-refractivity contribution in [2.24, 2.45) is 0 Å². The number of rotatable bonds is 1. The van der Waals surface area contributed by atoms with E-state index >= 15 is 0 Å². The van der Waals surface area contributed by atoms with Crippen LogP contribution in [0.5, 0.6) is 0 Å². The first-order valence-electron chi connectivity index (χ1n) is 6.88. The van der Waals surface area contributed by atoms with Gasteiger partial charge in [-0.25, -0.2) is 0 Å². The van der Waals surface area contributed by atoms with Gasteiger partial charge in [0.05, 0.1) is 0 Å². The highest BCUT2D eigenvalue weighted by molar-refractivity contribution is 5.02. The van der Waals surface area contributed by atoms with Gasteiger partial charge in [0.15, 0.2) is 0 Å². The van der Waals surface area contributed by atoms with Crippen LogP contribution in [0.15, 0.2) is 0 Å². The Morgan fingerprint density at radius 1 is 1.00 bits per heavy atom. The fourth-order valence-corrected chi connectivity index (χ4v) is 4.14. The predicted molar refractivity (Wildman–Crippen MR) is 63.0 cm³/mol. The molecule has 1 aliphatic heterocycles. The first-order chi connectivity index (χ1) is 7.41. The van der Waals surface area contributed by atoms with Gasteiger partial charge in [0.2, 0.25) is 0 Å². The fraction of sp³-hybridized carbons (Fsp3) is 1.00. The van der Waals surface area contributed by atoms with Crippen molar-refractivity contribution in [2.75, 3.05) is 19.6 Å². The summed E-state index contributed by atoms with van der Waals surface area (Å²) in [5.41, 5.74) is 0.577. The summed E-state index contributed by atoms with van der Waals surface area (Å²) < 4.78 is 0. The molecule has 2 saturated carbocycles. The summed E-state index contributed by atoms with van der Waals surface area (Å²) in [5, 5.41) is 3.63. The van der Waals surface area contributed by atoms with Gasteiger partial charge < -0.3 is 5.32 Å². The summed E-state index contributed by atoms with van der Waals surface area (Å²) in [4.78, 5) is 2.91. The molecule has 1 spiro atoms. The van der Waals surface area contributed by atoms with Gasteiger partial charge in [-0.1, -0.05) is 25.7 Å². The van der Waals surface area contributed by atoms with Crippen molar-refractivity contribution in [1.82, 2.24) is 10.2 Å². The second kappa shape index (κ2) is 4.06. The van der Waals surface area contributed by atoms with Crippen molar-refractivity contribution >= 4 is 0 Å². The number of nitrogens with zero attached hydrogens (tertiary/aromatic N) is 1. The number of nitrogens with one attached hydrogen (secondary N) is 1. The van der Waals surface area contributed by atoms with E-state index in [9.17, 15) is 0 Å².